The Bertz CT molecular complexity index is 565. The summed E-state index contributed by atoms with van der Waals surface area (Å²) in [6.07, 6.45) is 2.47. The highest BCUT2D eigenvalue weighted by molar-refractivity contribution is 7.92. The number of Topliss-reactive ketones (excluding diaryl/α,β-unsaturated/α-hetero) is 1. The maximum atomic E-state index is 12.1. The van der Waals surface area contributed by atoms with Crippen molar-refractivity contribution in [3.8, 4) is 0 Å². The Morgan fingerprint density at radius 1 is 1.26 bits per heavy atom. The van der Waals surface area contributed by atoms with Gasteiger partial charge in [-0.15, -0.1) is 0 Å². The molecule has 19 heavy (non-hydrogen) atoms. The van der Waals surface area contributed by atoms with Crippen LogP contribution >= 0.6 is 0 Å². The molecule has 2 unspecified atom stereocenters. The minimum atomic E-state index is -3.29. The zero-order chi connectivity index (χ0) is 14.0. The van der Waals surface area contributed by atoms with Crippen LogP contribution in [-0.4, -0.2) is 32.7 Å². The Labute approximate surface area is 113 Å². The molecule has 1 N–H and O–H groups in total. The first-order chi connectivity index (χ1) is 8.85. The van der Waals surface area contributed by atoms with E-state index < -0.39 is 10.0 Å². The van der Waals surface area contributed by atoms with Crippen LogP contribution in [0.15, 0.2) is 24.3 Å². The number of ether oxygens (including phenoxy) is 1. The molecule has 0 bridgehead atoms. The third kappa shape index (κ3) is 3.78. The van der Waals surface area contributed by atoms with Gasteiger partial charge in [0, 0.05) is 11.3 Å². The van der Waals surface area contributed by atoms with E-state index in [1.807, 2.05) is 6.92 Å². The van der Waals surface area contributed by atoms with E-state index in [1.54, 1.807) is 24.3 Å². The van der Waals surface area contributed by atoms with Gasteiger partial charge in [-0.25, -0.2) is 8.42 Å². The van der Waals surface area contributed by atoms with Crippen LogP contribution in [0.5, 0.6) is 0 Å². The highest BCUT2D eigenvalue weighted by Crippen LogP contribution is 2.23. The number of carbonyl (C=O) groups excluding carboxylic acids is 1. The number of benzene rings is 1. The number of rotatable bonds is 4. The van der Waals surface area contributed by atoms with Crippen LogP contribution in [0.2, 0.25) is 0 Å². The van der Waals surface area contributed by atoms with Crippen LogP contribution in [-0.2, 0) is 14.8 Å². The Hall–Kier alpha value is -1.40. The minimum Gasteiger partial charge on any atom is -0.367 e. The van der Waals surface area contributed by atoms with E-state index in [0.29, 0.717) is 11.3 Å². The van der Waals surface area contributed by atoms with Crippen molar-refractivity contribution in [2.24, 2.45) is 0 Å². The van der Waals surface area contributed by atoms with Crippen LogP contribution in [0.4, 0.5) is 5.69 Å². The normalized spacial score (nSPS) is 23.3. The van der Waals surface area contributed by atoms with Gasteiger partial charge >= 0.3 is 0 Å². The number of carbonyl (C=O) groups is 1. The molecule has 1 aromatic rings. The first kappa shape index (κ1) is 14.0. The van der Waals surface area contributed by atoms with Gasteiger partial charge in [0.1, 0.15) is 6.10 Å². The molecular formula is C13H17NO4S. The lowest BCUT2D eigenvalue weighted by Crippen LogP contribution is -2.20. The second-order valence-corrected chi connectivity index (χ2v) is 6.58. The Morgan fingerprint density at radius 3 is 2.37 bits per heavy atom. The van der Waals surface area contributed by atoms with Crippen LogP contribution in [0.3, 0.4) is 0 Å². The van der Waals surface area contributed by atoms with Crippen molar-refractivity contribution in [1.82, 2.24) is 0 Å². The fourth-order valence-electron chi connectivity index (χ4n) is 2.10. The summed E-state index contributed by atoms with van der Waals surface area (Å²) in [6, 6.07) is 6.38. The van der Waals surface area contributed by atoms with Crippen molar-refractivity contribution < 1.29 is 17.9 Å². The standard InChI is InChI=1S/C13H17NO4S/c1-9-3-8-12(18-9)13(15)10-4-6-11(7-5-10)14-19(2,16)17/h4-7,9,12,14H,3,8H2,1-2H3. The molecule has 1 saturated heterocycles. The summed E-state index contributed by atoms with van der Waals surface area (Å²) < 4.78 is 30.0. The number of sulfonamides is 1. The Kier molecular flexibility index (Phi) is 3.91. The fraction of sp³-hybridized carbons (Fsp3) is 0.462. The van der Waals surface area contributed by atoms with Gasteiger partial charge < -0.3 is 4.74 Å². The van der Waals surface area contributed by atoms with Crippen LogP contribution in [0, 0.1) is 0 Å². The van der Waals surface area contributed by atoms with Crippen molar-refractivity contribution in [2.45, 2.75) is 32.0 Å². The molecule has 2 rings (SSSR count). The molecule has 2 atom stereocenters. The summed E-state index contributed by atoms with van der Waals surface area (Å²) in [5.41, 5.74) is 0.984. The Balaban J connectivity index is 2.08. The maximum absolute atomic E-state index is 12.1. The highest BCUT2D eigenvalue weighted by Gasteiger charge is 2.28. The predicted octanol–water partition coefficient (Wildman–Crippen LogP) is 1.81. The summed E-state index contributed by atoms with van der Waals surface area (Å²) in [5.74, 6) is -0.0461. The fourth-order valence-corrected chi connectivity index (χ4v) is 2.66. The number of ketones is 1. The molecule has 0 saturated carbocycles. The van der Waals surface area contributed by atoms with Crippen molar-refractivity contribution >= 4 is 21.5 Å². The lowest BCUT2D eigenvalue weighted by molar-refractivity contribution is 0.0433. The average Bonchev–Trinajstić information content (AvgIpc) is 2.74. The van der Waals surface area contributed by atoms with Crippen molar-refractivity contribution in [1.29, 1.82) is 0 Å². The monoisotopic (exact) mass is 283 g/mol. The summed E-state index contributed by atoms with van der Waals surface area (Å²) in [5, 5.41) is 0. The number of nitrogens with one attached hydrogen (secondary N) is 1. The third-order valence-corrected chi connectivity index (χ3v) is 3.60. The van der Waals surface area contributed by atoms with Gasteiger partial charge in [-0.05, 0) is 44.0 Å². The van der Waals surface area contributed by atoms with Gasteiger partial charge in [0.05, 0.1) is 12.4 Å². The molecule has 0 amide bonds. The van der Waals surface area contributed by atoms with Crippen molar-refractivity contribution in [3.63, 3.8) is 0 Å². The zero-order valence-electron chi connectivity index (χ0n) is 10.9. The molecule has 104 valence electrons. The molecule has 6 heteroatoms. The molecule has 1 fully saturated rings. The molecule has 1 aliphatic heterocycles. The van der Waals surface area contributed by atoms with Crippen LogP contribution in [0.1, 0.15) is 30.1 Å². The molecule has 1 aliphatic rings. The SMILES string of the molecule is CC1CCC(C(=O)c2ccc(NS(C)(=O)=O)cc2)O1. The van der Waals surface area contributed by atoms with E-state index >= 15 is 0 Å². The summed E-state index contributed by atoms with van der Waals surface area (Å²) in [4.78, 5) is 12.1. The van der Waals surface area contributed by atoms with Gasteiger partial charge in [-0.1, -0.05) is 0 Å². The van der Waals surface area contributed by atoms with E-state index in [-0.39, 0.29) is 18.0 Å². The van der Waals surface area contributed by atoms with E-state index in [0.717, 1.165) is 19.1 Å². The average molecular weight is 283 g/mol. The molecule has 0 spiro atoms. The van der Waals surface area contributed by atoms with Gasteiger partial charge in [-0.2, -0.15) is 0 Å². The quantitative estimate of drug-likeness (QED) is 0.855. The summed E-state index contributed by atoms with van der Waals surface area (Å²) >= 11 is 0. The third-order valence-electron chi connectivity index (χ3n) is 3.00. The Morgan fingerprint density at radius 2 is 1.89 bits per heavy atom. The van der Waals surface area contributed by atoms with Crippen molar-refractivity contribution in [3.05, 3.63) is 29.8 Å². The molecule has 5 nitrogen and oxygen atoms in total. The topological polar surface area (TPSA) is 72.5 Å². The minimum absolute atomic E-state index is 0.0461. The second-order valence-electron chi connectivity index (χ2n) is 4.83. The first-order valence-corrected chi connectivity index (χ1v) is 8.02. The molecule has 1 aromatic carbocycles. The van der Waals surface area contributed by atoms with E-state index in [1.165, 1.54) is 0 Å². The number of anilines is 1. The van der Waals surface area contributed by atoms with Gasteiger partial charge in [0.15, 0.2) is 5.78 Å². The number of hydrogen-bond donors (Lipinski definition) is 1. The second kappa shape index (κ2) is 5.30. The smallest absolute Gasteiger partial charge is 0.229 e. The zero-order valence-corrected chi connectivity index (χ0v) is 11.7. The summed E-state index contributed by atoms with van der Waals surface area (Å²) in [7, 11) is -3.29. The molecule has 1 heterocycles. The van der Waals surface area contributed by atoms with E-state index in [4.69, 9.17) is 4.74 Å². The highest BCUT2D eigenvalue weighted by atomic mass is 32.2. The van der Waals surface area contributed by atoms with E-state index in [9.17, 15) is 13.2 Å². The molecule has 0 aromatic heterocycles. The van der Waals surface area contributed by atoms with Gasteiger partial charge in [0.25, 0.3) is 0 Å². The lowest BCUT2D eigenvalue weighted by Gasteiger charge is -2.10. The molecular weight excluding hydrogens is 266 g/mol. The van der Waals surface area contributed by atoms with Crippen molar-refractivity contribution in [2.75, 3.05) is 11.0 Å². The predicted molar refractivity (Wildman–Crippen MR) is 72.8 cm³/mol. The summed E-state index contributed by atoms with van der Waals surface area (Å²) in [6.45, 7) is 1.95. The number of hydrogen-bond acceptors (Lipinski definition) is 4. The maximum Gasteiger partial charge on any atom is 0.229 e. The lowest BCUT2D eigenvalue weighted by atomic mass is 10.0. The van der Waals surface area contributed by atoms with E-state index in [2.05, 4.69) is 4.72 Å². The molecule has 0 aliphatic carbocycles. The van der Waals surface area contributed by atoms with Crippen LogP contribution < -0.4 is 4.72 Å². The van der Waals surface area contributed by atoms with Gasteiger partial charge in [-0.3, -0.25) is 9.52 Å². The van der Waals surface area contributed by atoms with Crippen LogP contribution in [0.25, 0.3) is 0 Å². The largest absolute Gasteiger partial charge is 0.367 e. The van der Waals surface area contributed by atoms with Gasteiger partial charge in [0.2, 0.25) is 10.0 Å². The molecule has 0 radical (unpaired) electrons. The first-order valence-electron chi connectivity index (χ1n) is 6.13.